The smallest absolute Gasteiger partial charge is 0.0362 e. The molecule has 0 bridgehead atoms. The minimum Gasteiger partial charge on any atom is -0.135 e. The maximum absolute atomic E-state index is 2.45. The molecule has 12 rings (SSSR count). The van der Waals surface area contributed by atoms with E-state index >= 15 is 0 Å². The molecule has 0 aliphatic carbocycles. The van der Waals surface area contributed by atoms with E-state index in [2.05, 4.69) is 182 Å². The molecule has 1 heterocycles. The Morgan fingerprint density at radius 3 is 1.43 bits per heavy atom. The van der Waals surface area contributed by atoms with Crippen LogP contribution in [0.2, 0.25) is 0 Å². The van der Waals surface area contributed by atoms with Gasteiger partial charge in [0.25, 0.3) is 0 Å². The standard InChI is InChI=1S/C52H30S/c1-2-9-31(10-3-1)37-22-17-32-20-25-44-38(23-18-33-19-24-43(37)51(32)52(33)44)36-12-8-11-34(27-36)35-21-26-49-47(28-35)48-29-45-41-15-6-4-13-39(41)40-14-5-7-16-42(40)46(45)30-50(48)53-49/h1-30H. The normalized spacial score (nSPS) is 12.2. The Bertz CT molecular complexity index is 3440. The van der Waals surface area contributed by atoms with E-state index in [0.29, 0.717) is 0 Å². The number of fused-ring (bicyclic) bond motifs is 9. The molecule has 0 saturated carbocycles. The average Bonchev–Trinajstić information content (AvgIpc) is 3.59. The van der Waals surface area contributed by atoms with Gasteiger partial charge in [0.1, 0.15) is 0 Å². The maximum Gasteiger partial charge on any atom is 0.0362 e. The summed E-state index contributed by atoms with van der Waals surface area (Å²) in [6.07, 6.45) is 0. The predicted molar refractivity (Wildman–Crippen MR) is 232 cm³/mol. The van der Waals surface area contributed by atoms with Gasteiger partial charge in [0.2, 0.25) is 0 Å². The molecular formula is C52H30S. The predicted octanol–water partition coefficient (Wildman–Crippen LogP) is 15.4. The molecule has 0 aliphatic rings. The van der Waals surface area contributed by atoms with Gasteiger partial charge >= 0.3 is 0 Å². The van der Waals surface area contributed by atoms with Crippen LogP contribution in [0.3, 0.4) is 0 Å². The molecule has 0 radical (unpaired) electrons. The Balaban J connectivity index is 1.03. The van der Waals surface area contributed by atoms with Crippen LogP contribution in [0.1, 0.15) is 0 Å². The van der Waals surface area contributed by atoms with E-state index in [1.54, 1.807) is 0 Å². The highest BCUT2D eigenvalue weighted by molar-refractivity contribution is 7.25. The van der Waals surface area contributed by atoms with Gasteiger partial charge in [0.15, 0.2) is 0 Å². The zero-order valence-electron chi connectivity index (χ0n) is 28.7. The van der Waals surface area contributed by atoms with Gasteiger partial charge in [0, 0.05) is 20.2 Å². The lowest BCUT2D eigenvalue weighted by molar-refractivity contribution is 1.63. The van der Waals surface area contributed by atoms with Gasteiger partial charge in [-0.1, -0.05) is 152 Å². The van der Waals surface area contributed by atoms with E-state index < -0.39 is 0 Å². The molecule has 11 aromatic carbocycles. The molecule has 0 unspecified atom stereocenters. The zero-order valence-corrected chi connectivity index (χ0v) is 29.5. The van der Waals surface area contributed by atoms with E-state index in [4.69, 9.17) is 0 Å². The summed E-state index contributed by atoms with van der Waals surface area (Å²) in [4.78, 5) is 0. The Hall–Kier alpha value is -6.54. The largest absolute Gasteiger partial charge is 0.135 e. The molecule has 1 heteroatoms. The molecule has 12 aromatic rings. The van der Waals surface area contributed by atoms with E-state index in [0.717, 1.165) is 0 Å². The molecule has 0 saturated heterocycles. The lowest BCUT2D eigenvalue weighted by Gasteiger charge is -2.17. The first-order valence-corrected chi connectivity index (χ1v) is 19.1. The summed E-state index contributed by atoms with van der Waals surface area (Å²) in [7, 11) is 0. The third kappa shape index (κ3) is 4.23. The van der Waals surface area contributed by atoms with Crippen molar-refractivity contribution in [2.24, 2.45) is 0 Å². The van der Waals surface area contributed by atoms with E-state index in [9.17, 15) is 0 Å². The minimum absolute atomic E-state index is 1.23. The number of hydrogen-bond donors (Lipinski definition) is 0. The minimum atomic E-state index is 1.23. The summed E-state index contributed by atoms with van der Waals surface area (Å²) < 4.78 is 2.66. The van der Waals surface area contributed by atoms with Crippen molar-refractivity contribution in [1.29, 1.82) is 0 Å². The van der Waals surface area contributed by atoms with Crippen LogP contribution in [-0.2, 0) is 0 Å². The lowest BCUT2D eigenvalue weighted by Crippen LogP contribution is -1.89. The highest BCUT2D eigenvalue weighted by Gasteiger charge is 2.17. The van der Waals surface area contributed by atoms with Crippen LogP contribution in [0.25, 0.3) is 118 Å². The van der Waals surface area contributed by atoms with Gasteiger partial charge in [-0.05, 0) is 128 Å². The number of thiophene rings is 1. The van der Waals surface area contributed by atoms with Gasteiger partial charge in [0.05, 0.1) is 0 Å². The van der Waals surface area contributed by atoms with E-state index in [1.807, 2.05) is 11.3 Å². The van der Waals surface area contributed by atoms with Crippen molar-refractivity contribution in [1.82, 2.24) is 0 Å². The topological polar surface area (TPSA) is 0 Å². The summed E-state index contributed by atoms with van der Waals surface area (Å²) >= 11 is 1.90. The van der Waals surface area contributed by atoms with Crippen LogP contribution in [0.4, 0.5) is 0 Å². The summed E-state index contributed by atoms with van der Waals surface area (Å²) in [5.41, 5.74) is 7.52. The summed E-state index contributed by atoms with van der Waals surface area (Å²) in [6.45, 7) is 0. The molecule has 0 fully saturated rings. The molecule has 0 N–H and O–H groups in total. The quantitative estimate of drug-likeness (QED) is 0.162. The third-order valence-corrected chi connectivity index (χ3v) is 12.7. The fourth-order valence-electron chi connectivity index (χ4n) is 9.14. The molecule has 0 nitrogen and oxygen atoms in total. The molecule has 0 amide bonds. The molecule has 0 spiro atoms. The van der Waals surface area contributed by atoms with Gasteiger partial charge in [-0.2, -0.15) is 0 Å². The first-order valence-electron chi connectivity index (χ1n) is 18.3. The highest BCUT2D eigenvalue weighted by atomic mass is 32.1. The number of hydrogen-bond acceptors (Lipinski definition) is 1. The molecule has 53 heavy (non-hydrogen) atoms. The lowest BCUT2D eigenvalue weighted by atomic mass is 9.87. The summed E-state index contributed by atoms with van der Waals surface area (Å²) in [5.74, 6) is 0. The van der Waals surface area contributed by atoms with Crippen LogP contribution < -0.4 is 0 Å². The summed E-state index contributed by atoms with van der Waals surface area (Å²) in [5, 5.41) is 18.5. The van der Waals surface area contributed by atoms with Crippen LogP contribution in [0.15, 0.2) is 182 Å². The van der Waals surface area contributed by atoms with Crippen molar-refractivity contribution in [3.63, 3.8) is 0 Å². The number of rotatable bonds is 3. The first-order chi connectivity index (χ1) is 26.3. The Morgan fingerprint density at radius 2 is 0.755 bits per heavy atom. The van der Waals surface area contributed by atoms with E-state index in [1.165, 1.54) is 118 Å². The Kier molecular flexibility index (Phi) is 6.03. The van der Waals surface area contributed by atoms with Crippen molar-refractivity contribution in [3.8, 4) is 33.4 Å². The van der Waals surface area contributed by atoms with Gasteiger partial charge < -0.3 is 0 Å². The van der Waals surface area contributed by atoms with Crippen molar-refractivity contribution in [2.45, 2.75) is 0 Å². The highest BCUT2D eigenvalue weighted by Crippen LogP contribution is 2.45. The second kappa shape index (κ2) is 11.0. The van der Waals surface area contributed by atoms with Gasteiger partial charge in [-0.3, -0.25) is 0 Å². The van der Waals surface area contributed by atoms with Crippen molar-refractivity contribution >= 4 is 96.1 Å². The van der Waals surface area contributed by atoms with Crippen molar-refractivity contribution in [2.75, 3.05) is 0 Å². The maximum atomic E-state index is 2.45. The third-order valence-electron chi connectivity index (χ3n) is 11.6. The Morgan fingerprint density at radius 1 is 0.245 bits per heavy atom. The molecule has 244 valence electrons. The second-order valence-corrected chi connectivity index (χ2v) is 15.5. The number of benzene rings is 11. The summed E-state index contributed by atoms with van der Waals surface area (Å²) in [6, 6.07) is 68.0. The van der Waals surface area contributed by atoms with Crippen LogP contribution in [0.5, 0.6) is 0 Å². The van der Waals surface area contributed by atoms with Gasteiger partial charge in [-0.25, -0.2) is 0 Å². The molecule has 0 atom stereocenters. The van der Waals surface area contributed by atoms with Crippen LogP contribution in [-0.4, -0.2) is 0 Å². The van der Waals surface area contributed by atoms with E-state index in [-0.39, 0.29) is 0 Å². The molecule has 1 aromatic heterocycles. The van der Waals surface area contributed by atoms with Crippen molar-refractivity contribution in [3.05, 3.63) is 182 Å². The fraction of sp³-hybridized carbons (Fsp3) is 0. The van der Waals surface area contributed by atoms with Crippen molar-refractivity contribution < 1.29 is 0 Å². The average molecular weight is 687 g/mol. The fourth-order valence-corrected chi connectivity index (χ4v) is 10.2. The first kappa shape index (κ1) is 29.1. The Labute approximate surface area is 310 Å². The van der Waals surface area contributed by atoms with Crippen LogP contribution >= 0.6 is 11.3 Å². The monoisotopic (exact) mass is 686 g/mol. The zero-order chi connectivity index (χ0) is 34.6. The van der Waals surface area contributed by atoms with Gasteiger partial charge in [-0.15, -0.1) is 11.3 Å². The van der Waals surface area contributed by atoms with Crippen LogP contribution in [0, 0.1) is 0 Å². The second-order valence-electron chi connectivity index (χ2n) is 14.4. The SMILES string of the molecule is c1ccc(-c2ccc3ccc4c(-c5cccc(-c6ccc7sc8cc9c%10ccccc%10c%10ccccc%10c9cc8c7c6)c5)ccc5ccc2c3c54)cc1. The molecule has 0 aliphatic heterocycles. The molecular weight excluding hydrogens is 657 g/mol.